The Morgan fingerprint density at radius 2 is 1.81 bits per heavy atom. The molecule has 0 fully saturated rings. The lowest BCUT2D eigenvalue weighted by atomic mass is 9.77. The average Bonchev–Trinajstić information content (AvgIpc) is 2.56. The smallest absolute Gasteiger partial charge is 0.410 e. The van der Waals surface area contributed by atoms with Crippen LogP contribution in [0.15, 0.2) is 24.3 Å². The van der Waals surface area contributed by atoms with E-state index in [1.54, 1.807) is 7.05 Å². The Bertz CT molecular complexity index is 662. The number of ether oxygens (including phenoxy) is 2. The van der Waals surface area contributed by atoms with E-state index in [9.17, 15) is 9.59 Å². The first-order valence-electron chi connectivity index (χ1n) is 9.26. The van der Waals surface area contributed by atoms with Gasteiger partial charge in [0.15, 0.2) is 0 Å². The number of likely N-dealkylation sites (N-methyl/N-ethyl adjacent to an activating group) is 1. The molecule has 1 aromatic rings. The molecule has 5 nitrogen and oxygen atoms in total. The van der Waals surface area contributed by atoms with Crippen molar-refractivity contribution in [2.45, 2.75) is 65.0 Å². The Kier molecular flexibility index (Phi) is 5.99. The minimum Gasteiger partial charge on any atom is -0.458 e. The number of rotatable bonds is 4. The summed E-state index contributed by atoms with van der Waals surface area (Å²) in [4.78, 5) is 27.2. The first-order chi connectivity index (χ1) is 12.0. The summed E-state index contributed by atoms with van der Waals surface area (Å²) in [5, 5.41) is 0. The highest BCUT2D eigenvalue weighted by atomic mass is 16.6. The molecule has 0 spiro atoms. The lowest BCUT2D eigenvalue weighted by Gasteiger charge is -2.43. The third-order valence-electron chi connectivity index (χ3n) is 4.64. The summed E-state index contributed by atoms with van der Waals surface area (Å²) >= 11 is 0. The molecule has 0 saturated carbocycles. The van der Waals surface area contributed by atoms with E-state index >= 15 is 0 Å². The van der Waals surface area contributed by atoms with E-state index in [1.807, 2.05) is 52.8 Å². The van der Waals surface area contributed by atoms with Crippen LogP contribution in [0.4, 0.5) is 4.79 Å². The third kappa shape index (κ3) is 4.57. The largest absolute Gasteiger partial charge is 0.458 e. The minimum atomic E-state index is -1.05. The van der Waals surface area contributed by atoms with Gasteiger partial charge in [-0.05, 0) is 50.7 Å². The Morgan fingerprint density at radius 3 is 2.38 bits per heavy atom. The van der Waals surface area contributed by atoms with Crippen molar-refractivity contribution in [1.29, 1.82) is 0 Å². The number of nitrogens with zero attached hydrogens (tertiary/aromatic N) is 1. The fraction of sp³-hybridized carbons (Fsp3) is 0.619. The summed E-state index contributed by atoms with van der Waals surface area (Å²) in [5.41, 5.74) is 0.628. The van der Waals surface area contributed by atoms with Crippen LogP contribution in [0.2, 0.25) is 0 Å². The van der Waals surface area contributed by atoms with Crippen LogP contribution in [0.1, 0.15) is 52.2 Å². The molecule has 1 amide bonds. The van der Waals surface area contributed by atoms with E-state index in [1.165, 1.54) is 10.5 Å². The lowest BCUT2D eigenvalue weighted by molar-refractivity contribution is -0.169. The highest BCUT2D eigenvalue weighted by molar-refractivity contribution is 5.87. The maximum absolute atomic E-state index is 13.2. The third-order valence-corrected chi connectivity index (χ3v) is 4.64. The monoisotopic (exact) mass is 361 g/mol. The maximum Gasteiger partial charge on any atom is 0.410 e. The number of fused-ring (bicyclic) bond motifs is 1. The summed E-state index contributed by atoms with van der Waals surface area (Å²) in [5.74, 6) is -0.139. The van der Waals surface area contributed by atoms with Gasteiger partial charge in [-0.1, -0.05) is 38.1 Å². The van der Waals surface area contributed by atoms with Gasteiger partial charge in [-0.25, -0.2) is 9.59 Å². The van der Waals surface area contributed by atoms with Crippen LogP contribution in [0.3, 0.4) is 0 Å². The first-order valence-corrected chi connectivity index (χ1v) is 9.26. The number of amides is 1. The number of esters is 1. The number of hydrogen-bond donors (Lipinski definition) is 0. The van der Waals surface area contributed by atoms with Crippen molar-refractivity contribution in [3.05, 3.63) is 35.4 Å². The van der Waals surface area contributed by atoms with Gasteiger partial charge in [-0.3, -0.25) is 4.90 Å². The molecule has 1 aliphatic rings. The van der Waals surface area contributed by atoms with Crippen molar-refractivity contribution in [3.8, 4) is 0 Å². The summed E-state index contributed by atoms with van der Waals surface area (Å²) in [6, 6.07) is 8.05. The highest BCUT2D eigenvalue weighted by Crippen LogP contribution is 2.35. The summed E-state index contributed by atoms with van der Waals surface area (Å²) in [6.07, 6.45) is 1.19. The van der Waals surface area contributed by atoms with E-state index < -0.39 is 17.2 Å². The van der Waals surface area contributed by atoms with Crippen molar-refractivity contribution in [2.75, 3.05) is 13.7 Å². The van der Waals surface area contributed by atoms with Crippen LogP contribution in [0.5, 0.6) is 0 Å². The SMILES string of the molecule is CC(C)COC(=O)N(C)C1(C(=O)OC(C)(C)C)CCc2ccccc2C1. The predicted molar refractivity (Wildman–Crippen MR) is 101 cm³/mol. The van der Waals surface area contributed by atoms with Gasteiger partial charge in [0.05, 0.1) is 6.61 Å². The van der Waals surface area contributed by atoms with Gasteiger partial charge in [0.1, 0.15) is 11.1 Å². The van der Waals surface area contributed by atoms with Crippen molar-refractivity contribution in [2.24, 2.45) is 5.92 Å². The van der Waals surface area contributed by atoms with Crippen molar-refractivity contribution in [1.82, 2.24) is 4.90 Å². The fourth-order valence-corrected chi connectivity index (χ4v) is 3.20. The zero-order valence-electron chi connectivity index (χ0n) is 16.8. The van der Waals surface area contributed by atoms with E-state index in [0.29, 0.717) is 19.4 Å². The van der Waals surface area contributed by atoms with Crippen LogP contribution in [-0.2, 0) is 27.1 Å². The number of benzene rings is 1. The van der Waals surface area contributed by atoms with Crippen LogP contribution < -0.4 is 0 Å². The summed E-state index contributed by atoms with van der Waals surface area (Å²) in [6.45, 7) is 9.80. The zero-order chi connectivity index (χ0) is 19.5. The van der Waals surface area contributed by atoms with Gasteiger partial charge >= 0.3 is 12.1 Å². The van der Waals surface area contributed by atoms with Gasteiger partial charge in [0, 0.05) is 13.5 Å². The molecule has 5 heteroatoms. The van der Waals surface area contributed by atoms with E-state index in [4.69, 9.17) is 9.47 Å². The minimum absolute atomic E-state index is 0.233. The topological polar surface area (TPSA) is 55.8 Å². The standard InChI is InChI=1S/C21H31NO4/c1-15(2)14-25-19(24)22(6)21(18(23)26-20(3,4)5)12-11-16-9-7-8-10-17(16)13-21/h7-10,15H,11-14H2,1-6H3. The molecule has 1 unspecified atom stereocenters. The summed E-state index contributed by atoms with van der Waals surface area (Å²) in [7, 11) is 1.64. The van der Waals surface area contributed by atoms with Crippen LogP contribution in [0, 0.1) is 5.92 Å². The quantitative estimate of drug-likeness (QED) is 0.761. The molecule has 1 aromatic carbocycles. The second-order valence-corrected chi connectivity index (χ2v) is 8.51. The molecule has 26 heavy (non-hydrogen) atoms. The van der Waals surface area contributed by atoms with Crippen LogP contribution in [-0.4, -0.2) is 41.8 Å². The normalized spacial score (nSPS) is 19.7. The number of carbonyl (C=O) groups is 2. The van der Waals surface area contributed by atoms with Gasteiger partial charge in [-0.2, -0.15) is 0 Å². The number of carbonyl (C=O) groups excluding carboxylic acids is 2. The Morgan fingerprint density at radius 1 is 1.19 bits per heavy atom. The van der Waals surface area contributed by atoms with Crippen LogP contribution in [0.25, 0.3) is 0 Å². The Balaban J connectivity index is 2.34. The Hall–Kier alpha value is -2.04. The van der Waals surface area contributed by atoms with Gasteiger partial charge in [-0.15, -0.1) is 0 Å². The molecule has 2 rings (SSSR count). The molecule has 0 radical (unpaired) electrons. The van der Waals surface area contributed by atoms with Crippen molar-refractivity contribution in [3.63, 3.8) is 0 Å². The molecule has 0 aliphatic heterocycles. The lowest BCUT2D eigenvalue weighted by Crippen LogP contribution is -2.60. The van der Waals surface area contributed by atoms with Crippen molar-refractivity contribution >= 4 is 12.1 Å². The number of aryl methyl sites for hydroxylation is 1. The summed E-state index contributed by atoms with van der Waals surface area (Å²) < 4.78 is 11.1. The molecule has 0 heterocycles. The van der Waals surface area contributed by atoms with Crippen molar-refractivity contribution < 1.29 is 19.1 Å². The molecule has 1 atom stereocenters. The van der Waals surface area contributed by atoms with E-state index in [0.717, 1.165) is 12.0 Å². The molecular weight excluding hydrogens is 330 g/mol. The zero-order valence-corrected chi connectivity index (χ0v) is 16.8. The fourth-order valence-electron chi connectivity index (χ4n) is 3.20. The average molecular weight is 361 g/mol. The van der Waals surface area contributed by atoms with Gasteiger partial charge < -0.3 is 9.47 Å². The maximum atomic E-state index is 13.2. The molecule has 1 aliphatic carbocycles. The second kappa shape index (κ2) is 7.68. The molecule has 0 bridgehead atoms. The molecule has 0 aromatic heterocycles. The highest BCUT2D eigenvalue weighted by Gasteiger charge is 2.49. The molecular formula is C21H31NO4. The van der Waals surface area contributed by atoms with E-state index in [2.05, 4.69) is 6.07 Å². The number of hydrogen-bond acceptors (Lipinski definition) is 4. The van der Waals surface area contributed by atoms with Crippen LogP contribution >= 0.6 is 0 Å². The first kappa shape index (κ1) is 20.3. The van der Waals surface area contributed by atoms with Gasteiger partial charge in [0.2, 0.25) is 0 Å². The predicted octanol–water partition coefficient (Wildman–Crippen LogP) is 3.98. The molecule has 0 saturated heterocycles. The molecule has 144 valence electrons. The van der Waals surface area contributed by atoms with Gasteiger partial charge in [0.25, 0.3) is 0 Å². The second-order valence-electron chi connectivity index (χ2n) is 8.51. The molecule has 0 N–H and O–H groups in total. The Labute approximate surface area is 156 Å². The van der Waals surface area contributed by atoms with E-state index in [-0.39, 0.29) is 11.9 Å².